The summed E-state index contributed by atoms with van der Waals surface area (Å²) in [6, 6.07) is 4.13. The summed E-state index contributed by atoms with van der Waals surface area (Å²) >= 11 is 0. The first kappa shape index (κ1) is 13.0. The molecule has 0 radical (unpaired) electrons. The predicted octanol–water partition coefficient (Wildman–Crippen LogP) is 2.48. The van der Waals surface area contributed by atoms with E-state index in [2.05, 4.69) is 36.0 Å². The Balaban J connectivity index is 2.62. The van der Waals surface area contributed by atoms with Crippen LogP contribution in [0.3, 0.4) is 0 Å². The number of unbranched alkanes of at least 4 members (excludes halogenated alkanes) is 2. The normalized spacial score (nSPS) is 10.5. The lowest BCUT2D eigenvalue weighted by Crippen LogP contribution is -2.20. The van der Waals surface area contributed by atoms with Crippen molar-refractivity contribution in [2.75, 3.05) is 18.5 Å². The highest BCUT2D eigenvalue weighted by Gasteiger charge is 2.04. The molecule has 0 amide bonds. The summed E-state index contributed by atoms with van der Waals surface area (Å²) in [4.78, 5) is 6.78. The summed E-state index contributed by atoms with van der Waals surface area (Å²) in [6.07, 6.45) is 3.77. The summed E-state index contributed by atoms with van der Waals surface area (Å²) in [5, 5.41) is 0. The maximum absolute atomic E-state index is 5.62. The summed E-state index contributed by atoms with van der Waals surface area (Å²) in [6.45, 7) is 5.88. The second kappa shape index (κ2) is 6.48. The molecule has 0 saturated carbocycles. The molecule has 1 aromatic rings. The lowest BCUT2D eigenvalue weighted by atomic mass is 10.2. The van der Waals surface area contributed by atoms with Crippen LogP contribution in [0.15, 0.2) is 12.1 Å². The molecule has 0 spiro atoms. The summed E-state index contributed by atoms with van der Waals surface area (Å²) < 4.78 is 0. The van der Waals surface area contributed by atoms with E-state index in [1.165, 1.54) is 19.3 Å². The van der Waals surface area contributed by atoms with Gasteiger partial charge in [-0.2, -0.15) is 0 Å². The van der Waals surface area contributed by atoms with Crippen molar-refractivity contribution in [3.63, 3.8) is 0 Å². The third-order valence-electron chi connectivity index (χ3n) is 2.89. The Labute approximate surface area is 98.7 Å². The van der Waals surface area contributed by atoms with E-state index >= 15 is 0 Å². The predicted molar refractivity (Wildman–Crippen MR) is 69.7 cm³/mol. The molecule has 0 aliphatic rings. The molecule has 0 aliphatic carbocycles. The van der Waals surface area contributed by atoms with E-state index in [-0.39, 0.29) is 0 Å². The van der Waals surface area contributed by atoms with Crippen molar-refractivity contribution in [2.24, 2.45) is 5.73 Å². The maximum Gasteiger partial charge on any atom is 0.128 e. The van der Waals surface area contributed by atoms with Crippen LogP contribution in [-0.4, -0.2) is 18.6 Å². The molecule has 0 atom stereocenters. The Hall–Kier alpha value is -1.09. The van der Waals surface area contributed by atoms with E-state index in [1.807, 2.05) is 6.92 Å². The van der Waals surface area contributed by atoms with E-state index < -0.39 is 0 Å². The van der Waals surface area contributed by atoms with Gasteiger partial charge in [0, 0.05) is 25.8 Å². The molecule has 0 fully saturated rings. The highest BCUT2D eigenvalue weighted by Crippen LogP contribution is 2.14. The van der Waals surface area contributed by atoms with Gasteiger partial charge in [-0.3, -0.25) is 0 Å². The average Bonchev–Trinajstić information content (AvgIpc) is 2.29. The molecule has 1 heterocycles. The van der Waals surface area contributed by atoms with Crippen LogP contribution in [0.2, 0.25) is 0 Å². The molecule has 3 nitrogen and oxygen atoms in total. The molecule has 0 aliphatic heterocycles. The fourth-order valence-electron chi connectivity index (χ4n) is 1.72. The van der Waals surface area contributed by atoms with E-state index in [0.29, 0.717) is 6.54 Å². The van der Waals surface area contributed by atoms with Gasteiger partial charge < -0.3 is 10.6 Å². The van der Waals surface area contributed by atoms with Gasteiger partial charge in [0.2, 0.25) is 0 Å². The molecule has 3 heteroatoms. The van der Waals surface area contributed by atoms with Crippen LogP contribution in [0.5, 0.6) is 0 Å². The van der Waals surface area contributed by atoms with Crippen molar-refractivity contribution in [3.05, 3.63) is 23.4 Å². The second-order valence-corrected chi connectivity index (χ2v) is 4.25. The number of aryl methyl sites for hydroxylation is 1. The molecular formula is C13H23N3. The summed E-state index contributed by atoms with van der Waals surface area (Å²) in [7, 11) is 2.10. The fourth-order valence-corrected chi connectivity index (χ4v) is 1.72. The first-order valence-corrected chi connectivity index (χ1v) is 6.06. The second-order valence-electron chi connectivity index (χ2n) is 4.25. The Bertz CT molecular complexity index is 323. The lowest BCUT2D eigenvalue weighted by Gasteiger charge is -2.19. The molecular weight excluding hydrogens is 198 g/mol. The topological polar surface area (TPSA) is 42.1 Å². The first-order chi connectivity index (χ1) is 7.69. The average molecular weight is 221 g/mol. The van der Waals surface area contributed by atoms with E-state index in [0.717, 1.165) is 23.6 Å². The number of hydrogen-bond acceptors (Lipinski definition) is 3. The van der Waals surface area contributed by atoms with Crippen molar-refractivity contribution in [2.45, 2.75) is 39.7 Å². The van der Waals surface area contributed by atoms with Gasteiger partial charge in [-0.15, -0.1) is 0 Å². The van der Waals surface area contributed by atoms with Gasteiger partial charge in [0.05, 0.1) is 0 Å². The van der Waals surface area contributed by atoms with E-state index in [4.69, 9.17) is 5.73 Å². The van der Waals surface area contributed by atoms with E-state index in [1.54, 1.807) is 0 Å². The molecule has 2 N–H and O–H groups in total. The molecule has 0 aromatic carbocycles. The number of nitrogens with two attached hydrogens (primary N) is 1. The molecule has 0 saturated heterocycles. The fraction of sp³-hybridized carbons (Fsp3) is 0.615. The number of pyridine rings is 1. The van der Waals surface area contributed by atoms with Crippen molar-refractivity contribution >= 4 is 5.82 Å². The molecule has 1 rings (SSSR count). The third kappa shape index (κ3) is 3.49. The van der Waals surface area contributed by atoms with Crippen LogP contribution in [0.1, 0.15) is 37.4 Å². The largest absolute Gasteiger partial charge is 0.360 e. The third-order valence-corrected chi connectivity index (χ3v) is 2.89. The number of nitrogens with zero attached hydrogens (tertiary/aromatic N) is 2. The Morgan fingerprint density at radius 2 is 2.06 bits per heavy atom. The van der Waals surface area contributed by atoms with Crippen LogP contribution in [0, 0.1) is 6.92 Å². The number of aromatic nitrogens is 1. The van der Waals surface area contributed by atoms with Crippen molar-refractivity contribution in [1.29, 1.82) is 0 Å². The molecule has 1 aromatic heterocycles. The highest BCUT2D eigenvalue weighted by atomic mass is 15.2. The monoisotopic (exact) mass is 221 g/mol. The van der Waals surface area contributed by atoms with Crippen molar-refractivity contribution < 1.29 is 0 Å². The molecule has 0 bridgehead atoms. The zero-order valence-electron chi connectivity index (χ0n) is 10.7. The summed E-state index contributed by atoms with van der Waals surface area (Å²) in [5.41, 5.74) is 7.80. The van der Waals surface area contributed by atoms with Gasteiger partial charge >= 0.3 is 0 Å². The standard InChI is InChI=1S/C13H23N3/c1-4-5-6-9-16(3)13-8-7-12(10-14)11(2)15-13/h7-8H,4-6,9-10,14H2,1-3H3. The van der Waals surface area contributed by atoms with Gasteiger partial charge in [0.1, 0.15) is 5.82 Å². The van der Waals surface area contributed by atoms with Crippen LogP contribution < -0.4 is 10.6 Å². The van der Waals surface area contributed by atoms with Gasteiger partial charge in [0.15, 0.2) is 0 Å². The molecule has 16 heavy (non-hydrogen) atoms. The van der Waals surface area contributed by atoms with Crippen molar-refractivity contribution in [1.82, 2.24) is 4.98 Å². The van der Waals surface area contributed by atoms with Crippen LogP contribution >= 0.6 is 0 Å². The zero-order valence-corrected chi connectivity index (χ0v) is 10.7. The maximum atomic E-state index is 5.62. The highest BCUT2D eigenvalue weighted by molar-refractivity contribution is 5.40. The minimum Gasteiger partial charge on any atom is -0.360 e. The Kier molecular flexibility index (Phi) is 5.26. The van der Waals surface area contributed by atoms with Crippen LogP contribution in [0.25, 0.3) is 0 Å². The number of rotatable bonds is 6. The number of anilines is 1. The minimum absolute atomic E-state index is 0.568. The summed E-state index contributed by atoms with van der Waals surface area (Å²) in [5.74, 6) is 1.05. The zero-order chi connectivity index (χ0) is 12.0. The smallest absolute Gasteiger partial charge is 0.128 e. The minimum atomic E-state index is 0.568. The lowest BCUT2D eigenvalue weighted by molar-refractivity contribution is 0.700. The van der Waals surface area contributed by atoms with Gasteiger partial charge in [-0.05, 0) is 25.0 Å². The van der Waals surface area contributed by atoms with E-state index in [9.17, 15) is 0 Å². The SMILES string of the molecule is CCCCCN(C)c1ccc(CN)c(C)n1. The van der Waals surface area contributed by atoms with Gasteiger partial charge in [-0.1, -0.05) is 25.8 Å². The number of hydrogen-bond donors (Lipinski definition) is 1. The first-order valence-electron chi connectivity index (χ1n) is 6.06. The van der Waals surface area contributed by atoms with Crippen molar-refractivity contribution in [3.8, 4) is 0 Å². The Morgan fingerprint density at radius 3 is 2.62 bits per heavy atom. The van der Waals surface area contributed by atoms with Crippen LogP contribution in [0.4, 0.5) is 5.82 Å². The molecule has 90 valence electrons. The van der Waals surface area contributed by atoms with Crippen LogP contribution in [-0.2, 0) is 6.54 Å². The molecule has 0 unspecified atom stereocenters. The van der Waals surface area contributed by atoms with Gasteiger partial charge in [0.25, 0.3) is 0 Å². The van der Waals surface area contributed by atoms with Gasteiger partial charge in [-0.25, -0.2) is 4.98 Å². The quantitative estimate of drug-likeness (QED) is 0.750. The Morgan fingerprint density at radius 1 is 1.31 bits per heavy atom.